The number of fused-ring (bicyclic) bond motifs is 1. The average molecular weight is 356 g/mol. The molecule has 0 spiro atoms. The highest BCUT2D eigenvalue weighted by Crippen LogP contribution is 2.36. The summed E-state index contributed by atoms with van der Waals surface area (Å²) in [5, 5.41) is 18.3. The van der Waals surface area contributed by atoms with Gasteiger partial charge in [-0.15, -0.1) is 12.3 Å². The van der Waals surface area contributed by atoms with Gasteiger partial charge in [0.2, 0.25) is 5.91 Å². The summed E-state index contributed by atoms with van der Waals surface area (Å²) in [5.41, 5.74) is 1.16. The van der Waals surface area contributed by atoms with Crippen LogP contribution in [0.15, 0.2) is 16.4 Å². The molecule has 1 aromatic rings. The largest absolute Gasteiger partial charge is 0.356 e. The van der Waals surface area contributed by atoms with Gasteiger partial charge in [0.15, 0.2) is 5.66 Å². The highest BCUT2D eigenvalue weighted by atomic mass is 16.2. The van der Waals surface area contributed by atoms with Crippen LogP contribution in [0, 0.1) is 18.3 Å². The SMILES string of the molecule is C#CCCC1(CCNC(=O)c2cnn3c2CC(CNC(C)=O)CC3)N=N1. The van der Waals surface area contributed by atoms with E-state index in [2.05, 4.69) is 31.9 Å². The summed E-state index contributed by atoms with van der Waals surface area (Å²) in [6.45, 7) is 3.40. The van der Waals surface area contributed by atoms with Crippen molar-refractivity contribution in [1.29, 1.82) is 0 Å². The first-order valence-electron chi connectivity index (χ1n) is 8.98. The van der Waals surface area contributed by atoms with E-state index in [1.165, 1.54) is 6.92 Å². The molecule has 0 radical (unpaired) electrons. The second kappa shape index (κ2) is 7.68. The summed E-state index contributed by atoms with van der Waals surface area (Å²) in [7, 11) is 0. The van der Waals surface area contributed by atoms with Crippen LogP contribution in [-0.2, 0) is 17.8 Å². The van der Waals surface area contributed by atoms with Crippen LogP contribution in [0.3, 0.4) is 0 Å². The van der Waals surface area contributed by atoms with Crippen molar-refractivity contribution in [1.82, 2.24) is 20.4 Å². The molecule has 8 heteroatoms. The summed E-state index contributed by atoms with van der Waals surface area (Å²) >= 11 is 0. The zero-order valence-electron chi connectivity index (χ0n) is 15.0. The molecular formula is C18H24N6O2. The smallest absolute Gasteiger partial charge is 0.254 e. The Bertz CT molecular complexity index is 754. The zero-order valence-corrected chi connectivity index (χ0v) is 15.0. The van der Waals surface area contributed by atoms with E-state index >= 15 is 0 Å². The third-order valence-corrected chi connectivity index (χ3v) is 4.93. The minimum atomic E-state index is -0.387. The highest BCUT2D eigenvalue weighted by Gasteiger charge is 2.38. The topological polar surface area (TPSA) is 101 Å². The van der Waals surface area contributed by atoms with Crippen LogP contribution < -0.4 is 10.6 Å². The molecule has 138 valence electrons. The minimum absolute atomic E-state index is 0.0308. The van der Waals surface area contributed by atoms with E-state index in [-0.39, 0.29) is 17.5 Å². The Morgan fingerprint density at radius 2 is 2.19 bits per heavy atom. The van der Waals surface area contributed by atoms with E-state index in [0.29, 0.717) is 37.4 Å². The first-order chi connectivity index (χ1) is 12.5. The molecule has 0 aliphatic carbocycles. The fourth-order valence-corrected chi connectivity index (χ4v) is 3.29. The van der Waals surface area contributed by atoms with Gasteiger partial charge in [-0.25, -0.2) is 0 Å². The first-order valence-corrected chi connectivity index (χ1v) is 8.98. The molecule has 1 atom stereocenters. The number of amides is 2. The van der Waals surface area contributed by atoms with Gasteiger partial charge in [0.05, 0.1) is 17.5 Å². The maximum absolute atomic E-state index is 12.5. The van der Waals surface area contributed by atoms with Crippen molar-refractivity contribution >= 4 is 11.8 Å². The van der Waals surface area contributed by atoms with Crippen LogP contribution in [0.1, 0.15) is 48.7 Å². The van der Waals surface area contributed by atoms with Crippen LogP contribution in [0.25, 0.3) is 0 Å². The lowest BCUT2D eigenvalue weighted by atomic mass is 9.94. The van der Waals surface area contributed by atoms with Crippen molar-refractivity contribution in [2.75, 3.05) is 13.1 Å². The van der Waals surface area contributed by atoms with Crippen molar-refractivity contribution in [3.63, 3.8) is 0 Å². The van der Waals surface area contributed by atoms with Crippen LogP contribution in [-0.4, -0.2) is 40.3 Å². The normalized spacial score (nSPS) is 19.3. The standard InChI is InChI=1S/C18H24N6O2/c1-3-4-6-18(22-23-18)7-8-19-17(26)15-12-21-24-9-5-14(10-16(15)24)11-20-13(2)25/h1,12,14H,4-11H2,2H3,(H,19,26)(H,20,25). The molecule has 3 heterocycles. The summed E-state index contributed by atoms with van der Waals surface area (Å²) in [6, 6.07) is 0. The number of aryl methyl sites for hydroxylation is 1. The molecule has 0 bridgehead atoms. The molecule has 2 aliphatic heterocycles. The maximum Gasteiger partial charge on any atom is 0.254 e. The molecule has 0 fully saturated rings. The van der Waals surface area contributed by atoms with Gasteiger partial charge < -0.3 is 10.6 Å². The molecule has 2 aliphatic rings. The zero-order chi connectivity index (χ0) is 18.6. The van der Waals surface area contributed by atoms with Crippen molar-refractivity contribution in [3.8, 4) is 12.3 Å². The third kappa shape index (κ3) is 4.28. The van der Waals surface area contributed by atoms with Gasteiger partial charge in [0, 0.05) is 45.8 Å². The summed E-state index contributed by atoms with van der Waals surface area (Å²) < 4.78 is 1.89. The Labute approximate surface area is 152 Å². The summed E-state index contributed by atoms with van der Waals surface area (Å²) in [4.78, 5) is 23.7. The molecule has 26 heavy (non-hydrogen) atoms. The van der Waals surface area contributed by atoms with E-state index in [4.69, 9.17) is 6.42 Å². The van der Waals surface area contributed by atoms with E-state index < -0.39 is 0 Å². The molecule has 0 saturated heterocycles. The molecular weight excluding hydrogens is 332 g/mol. The monoisotopic (exact) mass is 356 g/mol. The van der Waals surface area contributed by atoms with Gasteiger partial charge in [-0.1, -0.05) is 0 Å². The number of nitrogens with one attached hydrogen (secondary N) is 2. The highest BCUT2D eigenvalue weighted by molar-refractivity contribution is 5.95. The summed E-state index contributed by atoms with van der Waals surface area (Å²) in [6.07, 6.45) is 10.6. The molecule has 0 saturated carbocycles. The van der Waals surface area contributed by atoms with Gasteiger partial charge in [0.25, 0.3) is 5.91 Å². The van der Waals surface area contributed by atoms with Crippen molar-refractivity contribution in [2.24, 2.45) is 16.1 Å². The fraction of sp³-hybridized carbons (Fsp3) is 0.611. The Hall–Kier alpha value is -2.69. The van der Waals surface area contributed by atoms with Crippen LogP contribution in [0.2, 0.25) is 0 Å². The van der Waals surface area contributed by atoms with Gasteiger partial charge in [-0.05, 0) is 18.8 Å². The maximum atomic E-state index is 12.5. The quantitative estimate of drug-likeness (QED) is 0.686. The molecule has 1 unspecified atom stereocenters. The Morgan fingerprint density at radius 3 is 2.88 bits per heavy atom. The van der Waals surface area contributed by atoms with Crippen molar-refractivity contribution in [2.45, 2.75) is 51.2 Å². The molecule has 8 nitrogen and oxygen atoms in total. The first kappa shape index (κ1) is 18.1. The number of hydrogen-bond donors (Lipinski definition) is 2. The second-order valence-corrected chi connectivity index (χ2v) is 6.92. The second-order valence-electron chi connectivity index (χ2n) is 6.92. The predicted octanol–water partition coefficient (Wildman–Crippen LogP) is 1.28. The lowest BCUT2D eigenvalue weighted by molar-refractivity contribution is -0.119. The Balaban J connectivity index is 1.52. The van der Waals surface area contributed by atoms with Crippen molar-refractivity contribution < 1.29 is 9.59 Å². The van der Waals surface area contributed by atoms with Crippen LogP contribution >= 0.6 is 0 Å². The molecule has 3 rings (SSSR count). The van der Waals surface area contributed by atoms with Gasteiger partial charge in [-0.3, -0.25) is 14.3 Å². The number of rotatable bonds is 8. The van der Waals surface area contributed by atoms with Crippen molar-refractivity contribution in [3.05, 3.63) is 17.5 Å². The number of aromatic nitrogens is 2. The molecule has 2 N–H and O–H groups in total. The van der Waals surface area contributed by atoms with E-state index in [0.717, 1.165) is 31.5 Å². The third-order valence-electron chi connectivity index (χ3n) is 4.93. The molecule has 2 amide bonds. The van der Waals surface area contributed by atoms with Gasteiger partial charge in [0.1, 0.15) is 0 Å². The number of carbonyl (C=O) groups excluding carboxylic acids is 2. The predicted molar refractivity (Wildman–Crippen MR) is 95.3 cm³/mol. The summed E-state index contributed by atoms with van der Waals surface area (Å²) in [5.74, 6) is 2.76. The lowest BCUT2D eigenvalue weighted by Gasteiger charge is -2.24. The Morgan fingerprint density at radius 1 is 1.38 bits per heavy atom. The van der Waals surface area contributed by atoms with Crippen LogP contribution in [0.5, 0.6) is 0 Å². The average Bonchev–Trinajstić information content (AvgIpc) is 3.26. The van der Waals surface area contributed by atoms with Gasteiger partial charge in [-0.2, -0.15) is 15.3 Å². The number of nitrogens with zero attached hydrogens (tertiary/aromatic N) is 4. The minimum Gasteiger partial charge on any atom is -0.356 e. The Kier molecular flexibility index (Phi) is 5.35. The van der Waals surface area contributed by atoms with E-state index in [9.17, 15) is 9.59 Å². The van der Waals surface area contributed by atoms with E-state index in [1.54, 1.807) is 6.20 Å². The van der Waals surface area contributed by atoms with Gasteiger partial charge >= 0.3 is 0 Å². The molecule has 0 aromatic carbocycles. The number of terminal acetylenes is 1. The van der Waals surface area contributed by atoms with E-state index in [1.807, 2.05) is 4.68 Å². The molecule has 1 aromatic heterocycles. The number of hydrogen-bond acceptors (Lipinski definition) is 5. The number of carbonyl (C=O) groups is 2. The fourth-order valence-electron chi connectivity index (χ4n) is 3.29. The lowest BCUT2D eigenvalue weighted by Crippen LogP contribution is -2.33. The van der Waals surface area contributed by atoms with Crippen LogP contribution in [0.4, 0.5) is 0 Å².